The van der Waals surface area contributed by atoms with Crippen molar-refractivity contribution in [2.24, 2.45) is 0 Å². The Labute approximate surface area is 202 Å². The Hall–Kier alpha value is -3.12. The maximum Gasteiger partial charge on any atom is 0.338 e. The van der Waals surface area contributed by atoms with Gasteiger partial charge in [-0.2, -0.15) is 0 Å². The van der Waals surface area contributed by atoms with E-state index in [0.717, 1.165) is 58.2 Å². The number of benzene rings is 3. The first kappa shape index (κ1) is 23.1. The molecule has 6 heteroatoms. The molecule has 33 heavy (non-hydrogen) atoms. The topological polar surface area (TPSA) is 66.5 Å². The van der Waals surface area contributed by atoms with Crippen molar-refractivity contribution >= 4 is 38.6 Å². The molecule has 1 aliphatic carbocycles. The normalized spacial score (nSPS) is 11.1. The van der Waals surface area contributed by atoms with Crippen molar-refractivity contribution in [3.63, 3.8) is 0 Å². The summed E-state index contributed by atoms with van der Waals surface area (Å²) in [5, 5.41) is 10.2. The van der Waals surface area contributed by atoms with Crippen LogP contribution in [0.5, 0.6) is 0 Å². The van der Waals surface area contributed by atoms with E-state index in [1.54, 1.807) is 18.2 Å². The van der Waals surface area contributed by atoms with Crippen LogP contribution in [0, 0.1) is 5.41 Å². The fraction of sp³-hybridized carbons (Fsp3) is 0.259. The molecule has 2 aliphatic rings. The highest BCUT2D eigenvalue weighted by atomic mass is 79.9. The molecule has 0 aromatic heterocycles. The number of rotatable bonds is 8. The number of esters is 1. The number of carbonyl (C=O) groups is 1. The summed E-state index contributed by atoms with van der Waals surface area (Å²) in [6, 6.07) is 19.1. The number of ether oxygens (including phenoxy) is 1. The largest absolute Gasteiger partial charge is 0.462 e. The molecule has 2 aromatic carbocycles. The molecule has 0 fully saturated rings. The Balaban J connectivity index is 1.97. The number of nitrogens with one attached hydrogen (secondary N) is 1. The van der Waals surface area contributed by atoms with Crippen molar-refractivity contribution in [3.05, 3.63) is 71.6 Å². The fourth-order valence-corrected chi connectivity index (χ4v) is 4.36. The fourth-order valence-electron chi connectivity index (χ4n) is 4.13. The lowest BCUT2D eigenvalue weighted by Crippen LogP contribution is -2.21. The van der Waals surface area contributed by atoms with Gasteiger partial charge >= 0.3 is 5.97 Å². The second kappa shape index (κ2) is 10.2. The minimum absolute atomic E-state index is 0.342. The van der Waals surface area contributed by atoms with Crippen LogP contribution < -0.4 is 10.3 Å². The molecule has 0 amide bonds. The van der Waals surface area contributed by atoms with Gasteiger partial charge in [0.1, 0.15) is 11.3 Å². The molecule has 0 radical (unpaired) electrons. The van der Waals surface area contributed by atoms with Crippen LogP contribution in [-0.2, 0) is 4.74 Å². The zero-order valence-corrected chi connectivity index (χ0v) is 20.4. The third-order valence-corrected chi connectivity index (χ3v) is 6.32. The van der Waals surface area contributed by atoms with E-state index in [1.807, 2.05) is 30.3 Å². The van der Waals surface area contributed by atoms with Gasteiger partial charge in [0.15, 0.2) is 0 Å². The first-order valence-electron chi connectivity index (χ1n) is 11.2. The number of halogens is 1. The number of nitrogens with zero attached hydrogens (tertiary/aromatic N) is 1. The van der Waals surface area contributed by atoms with Crippen LogP contribution in [0.4, 0.5) is 5.69 Å². The molecule has 0 saturated carbocycles. The number of anilines is 1. The van der Waals surface area contributed by atoms with Gasteiger partial charge in [-0.05, 0) is 56.2 Å². The van der Waals surface area contributed by atoms with E-state index in [2.05, 4.69) is 46.8 Å². The van der Waals surface area contributed by atoms with Crippen LogP contribution in [0.25, 0.3) is 33.4 Å². The van der Waals surface area contributed by atoms with Gasteiger partial charge in [0.2, 0.25) is 0 Å². The van der Waals surface area contributed by atoms with Gasteiger partial charge in [-0.15, -0.1) is 0 Å². The number of alkyl halides is 1. The van der Waals surface area contributed by atoms with Crippen LogP contribution in [0.15, 0.2) is 65.1 Å². The Morgan fingerprint density at radius 2 is 1.82 bits per heavy atom. The maximum absolute atomic E-state index is 13.0. The lowest BCUT2D eigenvalue weighted by molar-refractivity contribution is 0.0507. The molecule has 0 spiro atoms. The minimum atomic E-state index is -0.342. The molecule has 2 aromatic rings. The van der Waals surface area contributed by atoms with Gasteiger partial charge in [0.25, 0.3) is 0 Å². The van der Waals surface area contributed by atoms with Gasteiger partial charge in [0.05, 0.1) is 17.5 Å². The van der Waals surface area contributed by atoms with E-state index >= 15 is 0 Å². The summed E-state index contributed by atoms with van der Waals surface area (Å²) in [6.45, 7) is 6.39. The highest BCUT2D eigenvalue weighted by Crippen LogP contribution is 2.42. The number of hydrogen-bond donors (Lipinski definition) is 1. The van der Waals surface area contributed by atoms with Crippen molar-refractivity contribution in [2.75, 3.05) is 29.9 Å². The lowest BCUT2D eigenvalue weighted by Gasteiger charge is -2.22. The standard InChI is InChI=1S/C27H27BrN2O3/c1-3-30(4-2)19-11-13-23-25(17-19)33-24-16-18(29)10-12-22(24)26(23)20-8-5-6-9-21(20)27(31)32-15-7-14-28/h5-6,8-13,16-17,29H,3-4,7,14-15H2,1-2H3. The van der Waals surface area contributed by atoms with Crippen LogP contribution in [0.3, 0.4) is 0 Å². The predicted octanol–water partition coefficient (Wildman–Crippen LogP) is 6.47. The molecule has 1 N–H and O–H groups in total. The van der Waals surface area contributed by atoms with Crippen LogP contribution in [0.2, 0.25) is 0 Å². The summed E-state index contributed by atoms with van der Waals surface area (Å²) < 4.78 is 11.8. The molecule has 170 valence electrons. The lowest BCUT2D eigenvalue weighted by atomic mass is 9.90. The summed E-state index contributed by atoms with van der Waals surface area (Å²) in [5.74, 6) is 0.273. The van der Waals surface area contributed by atoms with Crippen molar-refractivity contribution in [1.82, 2.24) is 0 Å². The van der Waals surface area contributed by atoms with E-state index < -0.39 is 0 Å². The Morgan fingerprint density at radius 1 is 1.03 bits per heavy atom. The van der Waals surface area contributed by atoms with Gasteiger partial charge < -0.3 is 19.5 Å². The summed E-state index contributed by atoms with van der Waals surface area (Å²) in [7, 11) is 0. The molecule has 0 atom stereocenters. The SMILES string of the molecule is CCN(CC)c1ccc2c(-c3ccccc3C(=O)OCCCBr)c3ccc(=N)cc-3oc2c1. The summed E-state index contributed by atoms with van der Waals surface area (Å²) >= 11 is 3.37. The number of hydrogen-bond acceptors (Lipinski definition) is 5. The molecule has 1 heterocycles. The summed E-state index contributed by atoms with van der Waals surface area (Å²) in [6.07, 6.45) is 0.754. The Kier molecular flexibility index (Phi) is 7.14. The quantitative estimate of drug-likeness (QED) is 0.128. The number of fused-ring (bicyclic) bond motifs is 2. The predicted molar refractivity (Wildman–Crippen MR) is 136 cm³/mol. The van der Waals surface area contributed by atoms with Gasteiger partial charge in [-0.3, -0.25) is 0 Å². The summed E-state index contributed by atoms with van der Waals surface area (Å²) in [4.78, 5) is 15.2. The van der Waals surface area contributed by atoms with E-state index in [4.69, 9.17) is 14.6 Å². The second-order valence-electron chi connectivity index (χ2n) is 7.76. The number of carbonyl (C=O) groups excluding carboxylic acids is 1. The van der Waals surface area contributed by atoms with E-state index in [9.17, 15) is 4.79 Å². The highest BCUT2D eigenvalue weighted by molar-refractivity contribution is 9.09. The monoisotopic (exact) mass is 506 g/mol. The van der Waals surface area contributed by atoms with Crippen LogP contribution in [0.1, 0.15) is 30.6 Å². The van der Waals surface area contributed by atoms with E-state index in [1.165, 1.54) is 0 Å². The first-order chi connectivity index (χ1) is 16.1. The zero-order valence-electron chi connectivity index (χ0n) is 18.9. The molecular formula is C27H27BrN2O3. The van der Waals surface area contributed by atoms with Crippen molar-refractivity contribution in [3.8, 4) is 22.5 Å². The molecule has 0 bridgehead atoms. The second-order valence-corrected chi connectivity index (χ2v) is 8.56. The summed E-state index contributed by atoms with van der Waals surface area (Å²) in [5.41, 5.74) is 4.87. The first-order valence-corrected chi connectivity index (χ1v) is 12.3. The zero-order chi connectivity index (χ0) is 23.4. The Morgan fingerprint density at radius 3 is 2.58 bits per heavy atom. The van der Waals surface area contributed by atoms with E-state index in [0.29, 0.717) is 23.3 Å². The molecule has 5 nitrogen and oxygen atoms in total. The minimum Gasteiger partial charge on any atom is -0.462 e. The average molecular weight is 507 g/mol. The van der Waals surface area contributed by atoms with E-state index in [-0.39, 0.29) is 5.97 Å². The van der Waals surface area contributed by atoms with Crippen LogP contribution in [-0.4, -0.2) is 31.0 Å². The molecule has 0 saturated heterocycles. The Bertz CT molecular complexity index is 1310. The molecule has 1 aliphatic heterocycles. The van der Waals surface area contributed by atoms with Gasteiger partial charge in [0, 0.05) is 52.8 Å². The smallest absolute Gasteiger partial charge is 0.338 e. The van der Waals surface area contributed by atoms with Gasteiger partial charge in [-0.25, -0.2) is 4.79 Å². The van der Waals surface area contributed by atoms with Crippen molar-refractivity contribution in [1.29, 1.82) is 5.41 Å². The highest BCUT2D eigenvalue weighted by Gasteiger charge is 2.22. The van der Waals surface area contributed by atoms with Crippen molar-refractivity contribution < 1.29 is 13.9 Å². The molecule has 4 rings (SSSR count). The third-order valence-electron chi connectivity index (χ3n) is 5.76. The maximum atomic E-state index is 13.0. The van der Waals surface area contributed by atoms with Crippen molar-refractivity contribution in [2.45, 2.75) is 20.3 Å². The van der Waals surface area contributed by atoms with Crippen LogP contribution >= 0.6 is 15.9 Å². The third kappa shape index (κ3) is 4.67. The molecular weight excluding hydrogens is 480 g/mol. The average Bonchev–Trinajstić information content (AvgIpc) is 2.83. The van der Waals surface area contributed by atoms with Gasteiger partial charge in [-0.1, -0.05) is 34.1 Å². The molecule has 0 unspecified atom stereocenters.